The number of aromatic amines is 2. The van der Waals surface area contributed by atoms with E-state index < -0.39 is 17.2 Å². The first kappa shape index (κ1) is 15.3. The largest absolute Gasteiger partial charge is 0.350 e. The number of benzene rings is 1. The molecule has 6 heteroatoms. The van der Waals surface area contributed by atoms with E-state index in [0.717, 1.165) is 12.5 Å². The number of hydrogen-bond acceptors (Lipinski definition) is 3. The third kappa shape index (κ3) is 2.72. The van der Waals surface area contributed by atoms with Crippen molar-refractivity contribution in [3.63, 3.8) is 0 Å². The molecular formula is C17H19N3O3. The first-order valence-corrected chi connectivity index (χ1v) is 7.51. The monoisotopic (exact) mass is 313 g/mol. The molecule has 0 bridgehead atoms. The van der Waals surface area contributed by atoms with Gasteiger partial charge in [0.25, 0.3) is 11.5 Å². The summed E-state index contributed by atoms with van der Waals surface area (Å²) in [6.07, 6.45) is 0.968. The lowest BCUT2D eigenvalue weighted by molar-refractivity contribution is 0.0942. The topological polar surface area (TPSA) is 94.8 Å². The Bertz CT molecular complexity index is 823. The lowest BCUT2D eigenvalue weighted by Crippen LogP contribution is -2.37. The molecule has 1 aromatic carbocycles. The van der Waals surface area contributed by atoms with Crippen molar-refractivity contribution in [2.24, 2.45) is 5.41 Å². The van der Waals surface area contributed by atoms with Gasteiger partial charge in [-0.15, -0.1) is 0 Å². The molecule has 0 unspecified atom stereocenters. The first-order chi connectivity index (χ1) is 10.8. The Morgan fingerprint density at radius 2 is 1.83 bits per heavy atom. The highest BCUT2D eigenvalue weighted by atomic mass is 16.2. The van der Waals surface area contributed by atoms with Crippen molar-refractivity contribution in [1.29, 1.82) is 0 Å². The molecule has 6 nitrogen and oxygen atoms in total. The number of carbonyl (C=O) groups is 1. The quantitative estimate of drug-likeness (QED) is 0.790. The summed E-state index contributed by atoms with van der Waals surface area (Å²) in [4.78, 5) is 39.2. The summed E-state index contributed by atoms with van der Waals surface area (Å²) in [6, 6.07) is 11.2. The summed E-state index contributed by atoms with van der Waals surface area (Å²) in [5.74, 6) is -0.453. The van der Waals surface area contributed by atoms with Gasteiger partial charge in [-0.05, 0) is 17.4 Å². The molecule has 1 aromatic heterocycles. The third-order valence-corrected chi connectivity index (χ3v) is 4.80. The van der Waals surface area contributed by atoms with Crippen molar-refractivity contribution in [3.05, 3.63) is 68.5 Å². The van der Waals surface area contributed by atoms with Gasteiger partial charge < -0.3 is 10.3 Å². The van der Waals surface area contributed by atoms with Gasteiger partial charge in [0.05, 0.1) is 0 Å². The average molecular weight is 313 g/mol. The number of H-pyrrole nitrogens is 2. The molecule has 2 aromatic rings. The second kappa shape index (κ2) is 5.22. The van der Waals surface area contributed by atoms with Crippen molar-refractivity contribution >= 4 is 5.91 Å². The smallest absolute Gasteiger partial charge is 0.326 e. The zero-order chi connectivity index (χ0) is 16.7. The van der Waals surface area contributed by atoms with Gasteiger partial charge in [0.1, 0.15) is 5.69 Å². The molecule has 120 valence electrons. The predicted octanol–water partition coefficient (Wildman–Crippen LogP) is 1.16. The minimum absolute atomic E-state index is 0.0274. The van der Waals surface area contributed by atoms with Crippen LogP contribution in [0.4, 0.5) is 0 Å². The molecule has 1 saturated carbocycles. The second-order valence-corrected chi connectivity index (χ2v) is 6.69. The predicted molar refractivity (Wildman–Crippen MR) is 86.5 cm³/mol. The molecule has 0 aliphatic heterocycles. The minimum atomic E-state index is -0.688. The fraction of sp³-hybridized carbons (Fsp3) is 0.353. The van der Waals surface area contributed by atoms with E-state index in [4.69, 9.17) is 0 Å². The SMILES string of the molecule is CC1(C)C[C@@]1(CNC(=O)c1cc(=O)[nH]c(=O)[nH]1)c1ccccc1. The van der Waals surface area contributed by atoms with E-state index in [9.17, 15) is 14.4 Å². The molecule has 1 fully saturated rings. The van der Waals surface area contributed by atoms with Crippen molar-refractivity contribution in [3.8, 4) is 0 Å². The van der Waals surface area contributed by atoms with Crippen molar-refractivity contribution in [2.45, 2.75) is 25.7 Å². The molecule has 0 saturated heterocycles. The Labute approximate surface area is 133 Å². The molecular weight excluding hydrogens is 294 g/mol. The highest BCUT2D eigenvalue weighted by Gasteiger charge is 2.61. The molecule has 0 radical (unpaired) electrons. The van der Waals surface area contributed by atoms with Gasteiger partial charge in [0, 0.05) is 18.0 Å². The third-order valence-electron chi connectivity index (χ3n) is 4.80. The Morgan fingerprint density at radius 3 is 2.39 bits per heavy atom. The molecule has 3 N–H and O–H groups in total. The molecule has 1 aliphatic carbocycles. The number of amides is 1. The van der Waals surface area contributed by atoms with Gasteiger partial charge in [0.15, 0.2) is 0 Å². The van der Waals surface area contributed by atoms with Crippen LogP contribution in [0.5, 0.6) is 0 Å². The Morgan fingerprint density at radius 1 is 1.17 bits per heavy atom. The maximum atomic E-state index is 12.2. The van der Waals surface area contributed by atoms with E-state index in [0.29, 0.717) is 6.54 Å². The van der Waals surface area contributed by atoms with Crippen LogP contribution in [0.15, 0.2) is 46.0 Å². The van der Waals surface area contributed by atoms with Crippen molar-refractivity contribution < 1.29 is 4.79 Å². The molecule has 1 aliphatic rings. The van der Waals surface area contributed by atoms with Crippen LogP contribution in [0.3, 0.4) is 0 Å². The highest BCUT2D eigenvalue weighted by molar-refractivity contribution is 5.92. The summed E-state index contributed by atoms with van der Waals surface area (Å²) < 4.78 is 0. The fourth-order valence-electron chi connectivity index (χ4n) is 3.28. The van der Waals surface area contributed by atoms with E-state index in [-0.39, 0.29) is 16.5 Å². The van der Waals surface area contributed by atoms with E-state index in [2.05, 4.69) is 36.3 Å². The van der Waals surface area contributed by atoms with Gasteiger partial charge in [0.2, 0.25) is 0 Å². The maximum absolute atomic E-state index is 12.2. The molecule has 0 spiro atoms. The number of hydrogen-bond donors (Lipinski definition) is 3. The lowest BCUT2D eigenvalue weighted by Gasteiger charge is -2.21. The minimum Gasteiger partial charge on any atom is -0.350 e. The Kier molecular flexibility index (Phi) is 3.47. The molecule has 23 heavy (non-hydrogen) atoms. The fourth-order valence-corrected chi connectivity index (χ4v) is 3.28. The van der Waals surface area contributed by atoms with E-state index >= 15 is 0 Å². The van der Waals surface area contributed by atoms with Crippen LogP contribution < -0.4 is 16.6 Å². The average Bonchev–Trinajstić information content (AvgIpc) is 3.07. The zero-order valence-electron chi connectivity index (χ0n) is 13.1. The Hall–Kier alpha value is -2.63. The molecule has 1 heterocycles. The van der Waals surface area contributed by atoms with Gasteiger partial charge >= 0.3 is 5.69 Å². The van der Waals surface area contributed by atoms with E-state index in [1.54, 1.807) is 0 Å². The van der Waals surface area contributed by atoms with Crippen LogP contribution in [-0.4, -0.2) is 22.4 Å². The van der Waals surface area contributed by atoms with Crippen LogP contribution in [0, 0.1) is 5.41 Å². The van der Waals surface area contributed by atoms with Crippen LogP contribution in [0.2, 0.25) is 0 Å². The van der Waals surface area contributed by atoms with Gasteiger partial charge in [-0.3, -0.25) is 14.6 Å². The lowest BCUT2D eigenvalue weighted by atomic mass is 9.88. The van der Waals surface area contributed by atoms with Crippen molar-refractivity contribution in [1.82, 2.24) is 15.3 Å². The normalized spacial score (nSPS) is 21.7. The van der Waals surface area contributed by atoms with Crippen LogP contribution in [0.25, 0.3) is 0 Å². The van der Waals surface area contributed by atoms with E-state index in [1.165, 1.54) is 5.56 Å². The van der Waals surface area contributed by atoms with Gasteiger partial charge in [-0.1, -0.05) is 44.2 Å². The number of carbonyl (C=O) groups excluding carboxylic acids is 1. The summed E-state index contributed by atoms with van der Waals surface area (Å²) in [6.45, 7) is 4.79. The summed E-state index contributed by atoms with van der Waals surface area (Å²) in [7, 11) is 0. The zero-order valence-corrected chi connectivity index (χ0v) is 13.1. The summed E-state index contributed by atoms with van der Waals surface area (Å²) in [5.41, 5.74) is -0.157. The maximum Gasteiger partial charge on any atom is 0.326 e. The van der Waals surface area contributed by atoms with Gasteiger partial charge in [-0.2, -0.15) is 0 Å². The first-order valence-electron chi connectivity index (χ1n) is 7.51. The highest BCUT2D eigenvalue weighted by Crippen LogP contribution is 2.63. The van der Waals surface area contributed by atoms with E-state index in [1.807, 2.05) is 23.2 Å². The molecule has 1 atom stereocenters. The second-order valence-electron chi connectivity index (χ2n) is 6.69. The summed E-state index contributed by atoms with van der Waals surface area (Å²) >= 11 is 0. The van der Waals surface area contributed by atoms with Crippen LogP contribution >= 0.6 is 0 Å². The van der Waals surface area contributed by atoms with Crippen LogP contribution in [0.1, 0.15) is 36.3 Å². The van der Waals surface area contributed by atoms with Crippen LogP contribution in [-0.2, 0) is 5.41 Å². The standard InChI is InChI=1S/C17H19N3O3/c1-16(2)9-17(16,11-6-4-3-5-7-11)10-18-14(22)12-8-13(21)20-15(23)19-12/h3-8H,9-10H2,1-2H3,(H,18,22)(H2,19,20,21,23)/t17-/m1/s1. The Balaban J connectivity index is 1.80. The molecule has 1 amide bonds. The molecule has 3 rings (SSSR count). The number of rotatable bonds is 4. The van der Waals surface area contributed by atoms with Crippen molar-refractivity contribution in [2.75, 3.05) is 6.54 Å². The number of nitrogens with one attached hydrogen (secondary N) is 3. The summed E-state index contributed by atoms with van der Waals surface area (Å²) in [5, 5.41) is 2.85. The van der Waals surface area contributed by atoms with Gasteiger partial charge in [-0.25, -0.2) is 4.79 Å². The number of aromatic nitrogens is 2.